The predicted molar refractivity (Wildman–Crippen MR) is 132 cm³/mol. The molecule has 4 rings (SSSR count). The number of unbranched alkanes of at least 4 members (excludes halogenated alkanes) is 1. The Balaban J connectivity index is 1.62. The van der Waals surface area contributed by atoms with Crippen molar-refractivity contribution in [2.45, 2.75) is 33.6 Å². The number of carbonyl (C=O) groups is 3. The number of thioether (sulfide) groups is 1. The number of nitrogens with zero attached hydrogens (tertiary/aromatic N) is 2. The average Bonchev–Trinajstić information content (AvgIpc) is 3.21. The molecule has 2 aliphatic heterocycles. The molecule has 0 radical (unpaired) electrons. The first kappa shape index (κ1) is 22.8. The molecule has 33 heavy (non-hydrogen) atoms. The lowest BCUT2D eigenvalue weighted by atomic mass is 10.1. The second kappa shape index (κ2) is 9.23. The van der Waals surface area contributed by atoms with Gasteiger partial charge in [-0.25, -0.2) is 0 Å². The Hall–Kier alpha value is -3.39. The number of fused-ring (bicyclic) bond motifs is 1. The van der Waals surface area contributed by atoms with E-state index >= 15 is 0 Å². The van der Waals surface area contributed by atoms with Crippen LogP contribution in [0, 0.1) is 19.3 Å². The van der Waals surface area contributed by atoms with Gasteiger partial charge in [-0.2, -0.15) is 0 Å². The lowest BCUT2D eigenvalue weighted by Gasteiger charge is -2.17. The SMILES string of the molecule is CCCCN1C(=N)SC(=C2C(=O)N(CC(=O)Nc3ccc(C)c(C)c3)c3ccccc32)C1=O. The minimum atomic E-state index is -0.396. The van der Waals surface area contributed by atoms with Crippen molar-refractivity contribution in [1.29, 1.82) is 5.41 Å². The van der Waals surface area contributed by atoms with E-state index in [0.717, 1.165) is 35.7 Å². The fourth-order valence-electron chi connectivity index (χ4n) is 3.91. The van der Waals surface area contributed by atoms with Crippen LogP contribution in [0.4, 0.5) is 11.4 Å². The predicted octanol–water partition coefficient (Wildman–Crippen LogP) is 4.31. The fourth-order valence-corrected chi connectivity index (χ4v) is 4.88. The zero-order chi connectivity index (χ0) is 23.7. The van der Waals surface area contributed by atoms with Crippen LogP contribution in [0.25, 0.3) is 5.57 Å². The molecule has 0 saturated carbocycles. The smallest absolute Gasteiger partial charge is 0.267 e. The van der Waals surface area contributed by atoms with Gasteiger partial charge >= 0.3 is 0 Å². The number of benzene rings is 2. The summed E-state index contributed by atoms with van der Waals surface area (Å²) in [6.45, 7) is 6.28. The van der Waals surface area contributed by atoms with Gasteiger partial charge in [-0.15, -0.1) is 0 Å². The highest BCUT2D eigenvalue weighted by Crippen LogP contribution is 2.44. The zero-order valence-electron chi connectivity index (χ0n) is 18.9. The Labute approximate surface area is 197 Å². The third-order valence-electron chi connectivity index (χ3n) is 5.86. The quantitative estimate of drug-likeness (QED) is 0.626. The topological polar surface area (TPSA) is 93.6 Å². The van der Waals surface area contributed by atoms with Crippen molar-refractivity contribution in [2.24, 2.45) is 0 Å². The number of hydrogen-bond donors (Lipinski definition) is 2. The normalized spacial score (nSPS) is 17.7. The van der Waals surface area contributed by atoms with E-state index in [4.69, 9.17) is 5.41 Å². The zero-order valence-corrected chi connectivity index (χ0v) is 19.7. The third kappa shape index (κ3) is 4.30. The summed E-state index contributed by atoms with van der Waals surface area (Å²) in [5.74, 6) is -1.04. The first-order valence-electron chi connectivity index (χ1n) is 10.9. The van der Waals surface area contributed by atoms with Crippen molar-refractivity contribution in [3.05, 3.63) is 64.1 Å². The standard InChI is InChI=1S/C25H26N4O3S/c1-4-5-12-28-24(32)22(33-25(28)26)21-18-8-6-7-9-19(18)29(23(21)31)14-20(30)27-17-11-10-15(2)16(3)13-17/h6-11,13,26H,4-5,12,14H2,1-3H3,(H,27,30). The van der Waals surface area contributed by atoms with Crippen LogP contribution in [-0.2, 0) is 14.4 Å². The summed E-state index contributed by atoms with van der Waals surface area (Å²) >= 11 is 1.01. The first-order chi connectivity index (χ1) is 15.8. The minimum absolute atomic E-state index is 0.132. The summed E-state index contributed by atoms with van der Waals surface area (Å²) in [5, 5.41) is 11.2. The summed E-state index contributed by atoms with van der Waals surface area (Å²) in [7, 11) is 0. The highest BCUT2D eigenvalue weighted by molar-refractivity contribution is 8.18. The highest BCUT2D eigenvalue weighted by atomic mass is 32.2. The molecule has 2 aliphatic rings. The molecular weight excluding hydrogens is 436 g/mol. The van der Waals surface area contributed by atoms with Gasteiger partial charge in [-0.05, 0) is 61.4 Å². The molecule has 3 amide bonds. The maximum atomic E-state index is 13.4. The molecule has 0 atom stereocenters. The molecule has 2 aromatic carbocycles. The van der Waals surface area contributed by atoms with Gasteiger partial charge in [0, 0.05) is 17.8 Å². The van der Waals surface area contributed by atoms with Crippen LogP contribution >= 0.6 is 11.8 Å². The Morgan fingerprint density at radius 2 is 1.79 bits per heavy atom. The molecule has 7 nitrogen and oxygen atoms in total. The number of aryl methyl sites for hydroxylation is 2. The fraction of sp³-hybridized carbons (Fsp3) is 0.280. The van der Waals surface area contributed by atoms with Gasteiger partial charge in [-0.1, -0.05) is 37.6 Å². The van der Waals surface area contributed by atoms with Crippen LogP contribution in [0.3, 0.4) is 0 Å². The van der Waals surface area contributed by atoms with Crippen LogP contribution in [0.15, 0.2) is 47.4 Å². The number of para-hydroxylation sites is 1. The van der Waals surface area contributed by atoms with Crippen LogP contribution in [0.2, 0.25) is 0 Å². The Morgan fingerprint density at radius 3 is 2.52 bits per heavy atom. The monoisotopic (exact) mass is 462 g/mol. The highest BCUT2D eigenvalue weighted by Gasteiger charge is 2.42. The van der Waals surface area contributed by atoms with Crippen molar-refractivity contribution >= 4 is 51.6 Å². The van der Waals surface area contributed by atoms with Gasteiger partial charge in [0.15, 0.2) is 5.17 Å². The molecule has 0 aliphatic carbocycles. The Bertz CT molecular complexity index is 1200. The third-order valence-corrected chi connectivity index (χ3v) is 6.86. The lowest BCUT2D eigenvalue weighted by molar-refractivity contribution is -0.122. The van der Waals surface area contributed by atoms with Crippen molar-refractivity contribution in [1.82, 2.24) is 4.90 Å². The van der Waals surface area contributed by atoms with Gasteiger partial charge < -0.3 is 5.32 Å². The van der Waals surface area contributed by atoms with E-state index in [1.54, 1.807) is 24.3 Å². The molecule has 170 valence electrons. The number of amides is 3. The maximum absolute atomic E-state index is 13.4. The molecule has 0 unspecified atom stereocenters. The van der Waals surface area contributed by atoms with E-state index in [9.17, 15) is 14.4 Å². The Morgan fingerprint density at radius 1 is 1.03 bits per heavy atom. The van der Waals surface area contributed by atoms with E-state index in [1.165, 1.54) is 9.80 Å². The van der Waals surface area contributed by atoms with Crippen LogP contribution in [-0.4, -0.2) is 40.9 Å². The molecule has 1 fully saturated rings. The van der Waals surface area contributed by atoms with Crippen molar-refractivity contribution < 1.29 is 14.4 Å². The minimum Gasteiger partial charge on any atom is -0.325 e. The molecular formula is C25H26N4O3S. The van der Waals surface area contributed by atoms with Gasteiger partial charge in [-0.3, -0.25) is 29.6 Å². The second-order valence-corrected chi connectivity index (χ2v) is 9.18. The maximum Gasteiger partial charge on any atom is 0.267 e. The molecule has 0 spiro atoms. The van der Waals surface area contributed by atoms with Gasteiger partial charge in [0.1, 0.15) is 6.54 Å². The van der Waals surface area contributed by atoms with E-state index < -0.39 is 5.91 Å². The van der Waals surface area contributed by atoms with Crippen molar-refractivity contribution in [2.75, 3.05) is 23.3 Å². The number of carbonyl (C=O) groups excluding carboxylic acids is 3. The van der Waals surface area contributed by atoms with Crippen molar-refractivity contribution in [3.8, 4) is 0 Å². The lowest BCUT2D eigenvalue weighted by Crippen LogP contribution is -2.35. The van der Waals surface area contributed by atoms with Crippen LogP contribution < -0.4 is 10.2 Å². The van der Waals surface area contributed by atoms with Crippen LogP contribution in [0.5, 0.6) is 0 Å². The van der Waals surface area contributed by atoms with E-state index in [1.807, 2.05) is 39.0 Å². The summed E-state index contributed by atoms with van der Waals surface area (Å²) in [4.78, 5) is 42.4. The number of amidine groups is 1. The number of anilines is 2. The van der Waals surface area contributed by atoms with Gasteiger partial charge in [0.2, 0.25) is 5.91 Å². The molecule has 0 aromatic heterocycles. The largest absolute Gasteiger partial charge is 0.325 e. The molecule has 2 aromatic rings. The Kier molecular flexibility index (Phi) is 6.37. The average molecular weight is 463 g/mol. The van der Waals surface area contributed by atoms with Gasteiger partial charge in [0.25, 0.3) is 11.8 Å². The molecule has 2 N–H and O–H groups in total. The van der Waals surface area contributed by atoms with Crippen molar-refractivity contribution in [3.63, 3.8) is 0 Å². The summed E-state index contributed by atoms with van der Waals surface area (Å²) < 4.78 is 0. The number of nitrogens with one attached hydrogen (secondary N) is 2. The van der Waals surface area contributed by atoms with E-state index in [2.05, 4.69) is 5.32 Å². The number of rotatable bonds is 6. The molecule has 1 saturated heterocycles. The number of hydrogen-bond acceptors (Lipinski definition) is 5. The first-order valence-corrected chi connectivity index (χ1v) is 11.7. The molecule has 2 heterocycles. The summed E-state index contributed by atoms with van der Waals surface area (Å²) in [6.07, 6.45) is 1.69. The molecule has 0 bridgehead atoms. The van der Waals surface area contributed by atoms with E-state index in [-0.39, 0.29) is 34.0 Å². The second-order valence-electron chi connectivity index (χ2n) is 8.18. The summed E-state index contributed by atoms with van der Waals surface area (Å²) in [5.41, 5.74) is 4.33. The molecule has 8 heteroatoms. The van der Waals surface area contributed by atoms with Crippen LogP contribution in [0.1, 0.15) is 36.5 Å². The van der Waals surface area contributed by atoms with E-state index in [0.29, 0.717) is 23.5 Å². The summed E-state index contributed by atoms with van der Waals surface area (Å²) in [6, 6.07) is 12.8. The van der Waals surface area contributed by atoms with Gasteiger partial charge in [0.05, 0.1) is 16.2 Å².